The van der Waals surface area contributed by atoms with Crippen LogP contribution >= 0.6 is 11.8 Å². The molecule has 0 unspecified atom stereocenters. The van der Waals surface area contributed by atoms with Crippen LogP contribution in [0.3, 0.4) is 0 Å². The van der Waals surface area contributed by atoms with Crippen molar-refractivity contribution >= 4 is 40.5 Å². The van der Waals surface area contributed by atoms with Crippen molar-refractivity contribution in [1.29, 1.82) is 0 Å². The summed E-state index contributed by atoms with van der Waals surface area (Å²) in [6, 6.07) is 9.82. The summed E-state index contributed by atoms with van der Waals surface area (Å²) in [5.41, 5.74) is 1.73. The molecule has 1 aromatic heterocycles. The number of carboxylic acid groups (broad SMARTS) is 1. The summed E-state index contributed by atoms with van der Waals surface area (Å²) in [6.07, 6.45) is 4.82. The second kappa shape index (κ2) is 7.13. The highest BCUT2D eigenvalue weighted by atomic mass is 32.2. The Morgan fingerprint density at radius 3 is 2.90 bits per heavy atom. The van der Waals surface area contributed by atoms with E-state index < -0.39 is 5.97 Å². The van der Waals surface area contributed by atoms with Gasteiger partial charge in [0.2, 0.25) is 0 Å². The lowest BCUT2D eigenvalue weighted by atomic mass is 10.1. The molecule has 21 heavy (non-hydrogen) atoms. The Morgan fingerprint density at radius 2 is 2.19 bits per heavy atom. The van der Waals surface area contributed by atoms with E-state index in [-0.39, 0.29) is 0 Å². The molecule has 110 valence electrons. The third kappa shape index (κ3) is 3.98. The molecule has 4 nitrogen and oxygen atoms in total. The number of para-hydroxylation sites is 1. The number of thioether (sulfide) groups is 1. The van der Waals surface area contributed by atoms with Crippen LogP contribution in [0.25, 0.3) is 17.0 Å². The van der Waals surface area contributed by atoms with E-state index in [0.29, 0.717) is 0 Å². The van der Waals surface area contributed by atoms with Gasteiger partial charge in [-0.2, -0.15) is 11.8 Å². The van der Waals surface area contributed by atoms with Crippen LogP contribution in [0.15, 0.2) is 36.4 Å². The van der Waals surface area contributed by atoms with Crippen LogP contribution < -0.4 is 4.90 Å². The fourth-order valence-corrected chi connectivity index (χ4v) is 2.50. The minimum Gasteiger partial charge on any atom is -0.478 e. The fourth-order valence-electron chi connectivity index (χ4n) is 2.05. The number of nitrogens with zero attached hydrogens (tertiary/aromatic N) is 2. The summed E-state index contributed by atoms with van der Waals surface area (Å²) in [7, 11) is 1.98. The van der Waals surface area contributed by atoms with Crippen molar-refractivity contribution in [3.63, 3.8) is 0 Å². The summed E-state index contributed by atoms with van der Waals surface area (Å²) in [5, 5.41) is 9.84. The normalized spacial score (nSPS) is 11.1. The first-order valence-electron chi connectivity index (χ1n) is 6.62. The van der Waals surface area contributed by atoms with Gasteiger partial charge in [0.15, 0.2) is 0 Å². The smallest absolute Gasteiger partial charge is 0.328 e. The molecule has 5 heteroatoms. The van der Waals surface area contributed by atoms with Crippen LogP contribution in [0.4, 0.5) is 5.82 Å². The first-order chi connectivity index (χ1) is 10.1. The minimum absolute atomic E-state index is 0.806. The molecule has 0 fully saturated rings. The number of rotatable bonds is 6. The van der Waals surface area contributed by atoms with Gasteiger partial charge in [-0.3, -0.25) is 0 Å². The topological polar surface area (TPSA) is 53.4 Å². The van der Waals surface area contributed by atoms with Gasteiger partial charge in [0.05, 0.1) is 5.52 Å². The molecule has 0 aliphatic heterocycles. The van der Waals surface area contributed by atoms with Gasteiger partial charge in [0, 0.05) is 36.4 Å². The van der Waals surface area contributed by atoms with Crippen LogP contribution in [0.2, 0.25) is 0 Å². The van der Waals surface area contributed by atoms with Gasteiger partial charge in [-0.25, -0.2) is 9.78 Å². The lowest BCUT2D eigenvalue weighted by molar-refractivity contribution is -0.131. The van der Waals surface area contributed by atoms with Crippen molar-refractivity contribution in [1.82, 2.24) is 4.98 Å². The zero-order valence-corrected chi connectivity index (χ0v) is 12.9. The Kier molecular flexibility index (Phi) is 5.22. The molecule has 0 radical (unpaired) electrons. The number of pyridine rings is 1. The monoisotopic (exact) mass is 302 g/mol. The molecule has 0 atom stereocenters. The van der Waals surface area contributed by atoms with E-state index in [4.69, 9.17) is 5.11 Å². The SMILES string of the molecule is CSCCN(C)c1nc2ccccc2cc1/C=C/C(=O)O. The maximum absolute atomic E-state index is 10.8. The van der Waals surface area contributed by atoms with Crippen LogP contribution in [0.5, 0.6) is 0 Å². The summed E-state index contributed by atoms with van der Waals surface area (Å²) in [4.78, 5) is 17.5. The van der Waals surface area contributed by atoms with E-state index in [2.05, 4.69) is 16.1 Å². The van der Waals surface area contributed by atoms with Crippen LogP contribution in [-0.4, -0.2) is 41.7 Å². The predicted molar refractivity (Wildman–Crippen MR) is 90.1 cm³/mol. The molecule has 2 aromatic rings. The van der Waals surface area contributed by atoms with Crippen LogP contribution in [-0.2, 0) is 4.79 Å². The Balaban J connectivity index is 2.47. The Bertz CT molecular complexity index is 670. The number of anilines is 1. The van der Waals surface area contributed by atoms with Crippen molar-refractivity contribution in [3.8, 4) is 0 Å². The van der Waals surface area contributed by atoms with Gasteiger partial charge in [0.25, 0.3) is 0 Å². The first kappa shape index (κ1) is 15.4. The lowest BCUT2D eigenvalue weighted by Crippen LogP contribution is -2.22. The summed E-state index contributed by atoms with van der Waals surface area (Å²) in [5.74, 6) is 0.841. The highest BCUT2D eigenvalue weighted by Gasteiger charge is 2.09. The molecule has 0 aliphatic carbocycles. The zero-order chi connectivity index (χ0) is 15.2. The lowest BCUT2D eigenvalue weighted by Gasteiger charge is -2.20. The quantitative estimate of drug-likeness (QED) is 0.831. The van der Waals surface area contributed by atoms with Crippen molar-refractivity contribution in [2.45, 2.75) is 0 Å². The van der Waals surface area contributed by atoms with Gasteiger partial charge in [-0.1, -0.05) is 18.2 Å². The van der Waals surface area contributed by atoms with Crippen molar-refractivity contribution in [3.05, 3.63) is 42.0 Å². The molecule has 2 rings (SSSR count). The summed E-state index contributed by atoms with van der Waals surface area (Å²) in [6.45, 7) is 0.862. The van der Waals surface area contributed by atoms with E-state index in [9.17, 15) is 4.79 Å². The van der Waals surface area contributed by atoms with E-state index in [1.54, 1.807) is 17.8 Å². The number of carboxylic acids is 1. The minimum atomic E-state index is -0.958. The van der Waals surface area contributed by atoms with Crippen LogP contribution in [0.1, 0.15) is 5.56 Å². The van der Waals surface area contributed by atoms with Gasteiger partial charge in [0.1, 0.15) is 5.82 Å². The molecule has 0 bridgehead atoms. The number of carbonyl (C=O) groups is 1. The summed E-state index contributed by atoms with van der Waals surface area (Å²) < 4.78 is 0. The number of hydrogen-bond donors (Lipinski definition) is 1. The number of hydrogen-bond acceptors (Lipinski definition) is 4. The standard InChI is InChI=1S/C16H18N2O2S/c1-18(9-10-21-2)16-13(7-8-15(19)20)11-12-5-3-4-6-14(12)17-16/h3-8,11H,9-10H2,1-2H3,(H,19,20)/b8-7+. The third-order valence-electron chi connectivity index (χ3n) is 3.13. The average Bonchev–Trinajstić information content (AvgIpc) is 2.49. The average molecular weight is 302 g/mol. The van der Waals surface area contributed by atoms with E-state index in [1.165, 1.54) is 0 Å². The Hall–Kier alpha value is -2.01. The van der Waals surface area contributed by atoms with Gasteiger partial charge in [-0.05, 0) is 24.5 Å². The third-order valence-corrected chi connectivity index (χ3v) is 3.72. The molecule has 0 spiro atoms. The van der Waals surface area contributed by atoms with Gasteiger partial charge in [-0.15, -0.1) is 0 Å². The first-order valence-corrected chi connectivity index (χ1v) is 8.02. The second-order valence-corrected chi connectivity index (χ2v) is 5.67. The van der Waals surface area contributed by atoms with E-state index in [1.807, 2.05) is 37.4 Å². The highest BCUT2D eigenvalue weighted by Crippen LogP contribution is 2.24. The molecular weight excluding hydrogens is 284 g/mol. The molecule has 0 amide bonds. The molecule has 1 heterocycles. The van der Waals surface area contributed by atoms with Crippen molar-refractivity contribution < 1.29 is 9.90 Å². The Labute approximate surface area is 128 Å². The molecule has 0 saturated carbocycles. The predicted octanol–water partition coefficient (Wildman–Crippen LogP) is 3.13. The molecule has 1 aromatic carbocycles. The Morgan fingerprint density at radius 1 is 1.43 bits per heavy atom. The fraction of sp³-hybridized carbons (Fsp3) is 0.250. The largest absolute Gasteiger partial charge is 0.478 e. The highest BCUT2D eigenvalue weighted by molar-refractivity contribution is 7.98. The maximum Gasteiger partial charge on any atom is 0.328 e. The zero-order valence-electron chi connectivity index (χ0n) is 12.1. The summed E-state index contributed by atoms with van der Waals surface area (Å²) >= 11 is 1.77. The van der Waals surface area contributed by atoms with Gasteiger partial charge < -0.3 is 10.0 Å². The van der Waals surface area contributed by atoms with Crippen molar-refractivity contribution in [2.24, 2.45) is 0 Å². The maximum atomic E-state index is 10.8. The van der Waals surface area contributed by atoms with Gasteiger partial charge >= 0.3 is 5.97 Å². The van der Waals surface area contributed by atoms with E-state index in [0.717, 1.165) is 40.7 Å². The second-order valence-electron chi connectivity index (χ2n) is 4.68. The number of fused-ring (bicyclic) bond motifs is 1. The molecular formula is C16H18N2O2S. The number of benzene rings is 1. The molecule has 0 aliphatic rings. The van der Waals surface area contributed by atoms with E-state index >= 15 is 0 Å². The molecule has 1 N–H and O–H groups in total. The number of aliphatic carboxylic acids is 1. The van der Waals surface area contributed by atoms with Crippen molar-refractivity contribution in [2.75, 3.05) is 30.5 Å². The molecule has 0 saturated heterocycles. The van der Waals surface area contributed by atoms with Crippen LogP contribution in [0, 0.1) is 0 Å². The number of aromatic nitrogens is 1.